The fourth-order valence-corrected chi connectivity index (χ4v) is 3.03. The molecule has 0 unspecified atom stereocenters. The molecule has 2 rings (SSSR count). The molecule has 0 aliphatic carbocycles. The van der Waals surface area contributed by atoms with E-state index in [-0.39, 0.29) is 0 Å². The number of nitrogens with zero attached hydrogens (tertiary/aromatic N) is 1. The number of pyridine rings is 1. The van der Waals surface area contributed by atoms with Gasteiger partial charge in [-0.05, 0) is 42.8 Å². The Hall–Kier alpha value is -0.840. The van der Waals surface area contributed by atoms with Crippen LogP contribution in [-0.4, -0.2) is 11.5 Å². The third kappa shape index (κ3) is 3.56. The molecule has 0 amide bonds. The molecule has 1 heterocycles. The first-order chi connectivity index (χ1) is 8.29. The molecule has 1 aromatic heterocycles. The van der Waals surface area contributed by atoms with Crippen LogP contribution in [0.1, 0.15) is 5.56 Å². The van der Waals surface area contributed by atoms with Crippen LogP contribution < -0.4 is 5.73 Å². The molecule has 0 aliphatic rings. The zero-order valence-corrected chi connectivity index (χ0v) is 11.7. The summed E-state index contributed by atoms with van der Waals surface area (Å²) in [6.07, 6.45) is 2.69. The molecule has 0 fully saturated rings. The van der Waals surface area contributed by atoms with Crippen LogP contribution in [0.4, 0.5) is 0 Å². The van der Waals surface area contributed by atoms with Crippen molar-refractivity contribution in [1.82, 2.24) is 4.98 Å². The number of aromatic nitrogens is 1. The first kappa shape index (κ1) is 12.6. The Balaban J connectivity index is 2.23. The third-order valence-electron chi connectivity index (χ3n) is 2.27. The average molecular weight is 309 g/mol. The summed E-state index contributed by atoms with van der Waals surface area (Å²) in [7, 11) is 0. The topological polar surface area (TPSA) is 38.9 Å². The van der Waals surface area contributed by atoms with Gasteiger partial charge in [0.1, 0.15) is 5.03 Å². The maximum atomic E-state index is 5.60. The highest BCUT2D eigenvalue weighted by molar-refractivity contribution is 9.10. The molecule has 0 spiro atoms. The van der Waals surface area contributed by atoms with E-state index in [9.17, 15) is 0 Å². The van der Waals surface area contributed by atoms with Gasteiger partial charge in [-0.1, -0.05) is 39.8 Å². The van der Waals surface area contributed by atoms with Gasteiger partial charge in [0, 0.05) is 15.6 Å². The Bertz CT molecular complexity index is 502. The van der Waals surface area contributed by atoms with Crippen molar-refractivity contribution in [3.8, 4) is 0 Å². The van der Waals surface area contributed by atoms with Gasteiger partial charge in [0.2, 0.25) is 0 Å². The Labute approximate surface area is 114 Å². The molecule has 2 N–H and O–H groups in total. The van der Waals surface area contributed by atoms with E-state index in [4.69, 9.17) is 5.73 Å². The standard InChI is InChI=1S/C13H13BrN2S/c14-11-4-1-5-12(9-11)17-13-10(6-7-15)3-2-8-16-13/h1-5,8-9H,6-7,15H2. The van der Waals surface area contributed by atoms with Gasteiger partial charge >= 0.3 is 0 Å². The minimum absolute atomic E-state index is 0.651. The molecular formula is C13H13BrN2S. The highest BCUT2D eigenvalue weighted by Gasteiger charge is 2.05. The molecule has 88 valence electrons. The summed E-state index contributed by atoms with van der Waals surface area (Å²) in [4.78, 5) is 5.59. The lowest BCUT2D eigenvalue weighted by Gasteiger charge is -2.06. The lowest BCUT2D eigenvalue weighted by atomic mass is 10.2. The van der Waals surface area contributed by atoms with Gasteiger partial charge in [-0.25, -0.2) is 4.98 Å². The molecule has 0 aliphatic heterocycles. The van der Waals surface area contributed by atoms with Gasteiger partial charge < -0.3 is 5.73 Å². The van der Waals surface area contributed by atoms with E-state index in [1.54, 1.807) is 11.8 Å². The highest BCUT2D eigenvalue weighted by Crippen LogP contribution is 2.30. The molecule has 1 aromatic carbocycles. The monoisotopic (exact) mass is 308 g/mol. The third-order valence-corrected chi connectivity index (χ3v) is 3.82. The lowest BCUT2D eigenvalue weighted by molar-refractivity contribution is 0.911. The average Bonchev–Trinajstić information content (AvgIpc) is 2.32. The van der Waals surface area contributed by atoms with Crippen LogP contribution in [0, 0.1) is 0 Å². The number of hydrogen-bond acceptors (Lipinski definition) is 3. The van der Waals surface area contributed by atoms with Gasteiger partial charge in [-0.15, -0.1) is 0 Å². The van der Waals surface area contributed by atoms with Crippen LogP contribution in [0.3, 0.4) is 0 Å². The molecule has 2 nitrogen and oxygen atoms in total. The molecule has 0 radical (unpaired) electrons. The van der Waals surface area contributed by atoms with Crippen LogP contribution in [-0.2, 0) is 6.42 Å². The molecule has 0 bridgehead atoms. The number of nitrogens with two attached hydrogens (primary N) is 1. The summed E-state index contributed by atoms with van der Waals surface area (Å²) in [5.41, 5.74) is 6.81. The first-order valence-corrected chi connectivity index (χ1v) is 6.98. The molecule has 0 saturated heterocycles. The second-order valence-corrected chi connectivity index (χ2v) is 5.54. The van der Waals surface area contributed by atoms with Crippen molar-refractivity contribution >= 4 is 27.7 Å². The predicted molar refractivity (Wildman–Crippen MR) is 75.3 cm³/mol. The number of rotatable bonds is 4. The summed E-state index contributed by atoms with van der Waals surface area (Å²) in [6.45, 7) is 0.651. The molecule has 4 heteroatoms. The second kappa shape index (κ2) is 6.19. The summed E-state index contributed by atoms with van der Waals surface area (Å²) in [6, 6.07) is 12.2. The van der Waals surface area contributed by atoms with Gasteiger partial charge in [-0.2, -0.15) is 0 Å². The number of hydrogen-bond donors (Lipinski definition) is 1. The summed E-state index contributed by atoms with van der Waals surface area (Å²) in [5, 5.41) is 1.04. The minimum atomic E-state index is 0.651. The maximum Gasteiger partial charge on any atom is 0.104 e. The second-order valence-electron chi connectivity index (χ2n) is 3.57. The summed E-state index contributed by atoms with van der Waals surface area (Å²) < 4.78 is 1.08. The molecule has 0 saturated carbocycles. The van der Waals surface area contributed by atoms with E-state index in [2.05, 4.69) is 39.1 Å². The van der Waals surface area contributed by atoms with Crippen LogP contribution in [0.5, 0.6) is 0 Å². The minimum Gasteiger partial charge on any atom is -0.330 e. The summed E-state index contributed by atoms with van der Waals surface area (Å²) in [5.74, 6) is 0. The predicted octanol–water partition coefficient (Wildman–Crippen LogP) is 3.50. The van der Waals surface area contributed by atoms with E-state index >= 15 is 0 Å². The molecule has 0 atom stereocenters. The van der Waals surface area contributed by atoms with E-state index in [1.165, 1.54) is 10.5 Å². The van der Waals surface area contributed by atoms with Gasteiger partial charge in [0.05, 0.1) is 0 Å². The zero-order valence-electron chi connectivity index (χ0n) is 9.27. The fourth-order valence-electron chi connectivity index (χ4n) is 1.50. The Kier molecular flexibility index (Phi) is 4.59. The van der Waals surface area contributed by atoms with Crippen LogP contribution in [0.2, 0.25) is 0 Å². The largest absolute Gasteiger partial charge is 0.330 e. The van der Waals surface area contributed by atoms with Gasteiger partial charge in [0.15, 0.2) is 0 Å². The molecular weight excluding hydrogens is 296 g/mol. The quantitative estimate of drug-likeness (QED) is 0.939. The van der Waals surface area contributed by atoms with Crippen molar-refractivity contribution in [2.75, 3.05) is 6.54 Å². The Morgan fingerprint density at radius 2 is 2.12 bits per heavy atom. The SMILES string of the molecule is NCCc1cccnc1Sc1cccc(Br)c1. The van der Waals surface area contributed by atoms with E-state index in [1.807, 2.05) is 24.4 Å². The summed E-state index contributed by atoms with van der Waals surface area (Å²) >= 11 is 5.14. The molecule has 2 aromatic rings. The maximum absolute atomic E-state index is 5.60. The van der Waals surface area contributed by atoms with Crippen molar-refractivity contribution in [1.29, 1.82) is 0 Å². The van der Waals surface area contributed by atoms with Gasteiger partial charge in [0.25, 0.3) is 0 Å². The van der Waals surface area contributed by atoms with E-state index in [0.29, 0.717) is 6.54 Å². The van der Waals surface area contributed by atoms with E-state index < -0.39 is 0 Å². The van der Waals surface area contributed by atoms with Crippen LogP contribution >= 0.6 is 27.7 Å². The lowest BCUT2D eigenvalue weighted by Crippen LogP contribution is -2.04. The Morgan fingerprint density at radius 1 is 1.24 bits per heavy atom. The van der Waals surface area contributed by atoms with E-state index in [0.717, 1.165) is 15.9 Å². The van der Waals surface area contributed by atoms with Crippen molar-refractivity contribution in [2.45, 2.75) is 16.3 Å². The smallest absolute Gasteiger partial charge is 0.104 e. The normalized spacial score (nSPS) is 10.5. The van der Waals surface area contributed by atoms with Crippen molar-refractivity contribution in [3.63, 3.8) is 0 Å². The zero-order chi connectivity index (χ0) is 12.1. The Morgan fingerprint density at radius 3 is 2.88 bits per heavy atom. The highest BCUT2D eigenvalue weighted by atomic mass is 79.9. The fraction of sp³-hybridized carbons (Fsp3) is 0.154. The van der Waals surface area contributed by atoms with Gasteiger partial charge in [-0.3, -0.25) is 0 Å². The van der Waals surface area contributed by atoms with Crippen LogP contribution in [0.25, 0.3) is 0 Å². The van der Waals surface area contributed by atoms with Crippen molar-refractivity contribution in [2.24, 2.45) is 5.73 Å². The first-order valence-electron chi connectivity index (χ1n) is 5.37. The molecule has 17 heavy (non-hydrogen) atoms. The van der Waals surface area contributed by atoms with Crippen LogP contribution in [0.15, 0.2) is 57.0 Å². The number of halogens is 1. The van der Waals surface area contributed by atoms with Crippen molar-refractivity contribution in [3.05, 3.63) is 52.6 Å². The number of benzene rings is 1. The van der Waals surface area contributed by atoms with Crippen molar-refractivity contribution < 1.29 is 0 Å².